The number of aromatic nitrogens is 1. The number of carbonyl (C=O) groups is 1. The van der Waals surface area contributed by atoms with E-state index in [0.717, 1.165) is 25.2 Å². The van der Waals surface area contributed by atoms with Gasteiger partial charge >= 0.3 is 0 Å². The third-order valence-electron chi connectivity index (χ3n) is 3.26. The van der Waals surface area contributed by atoms with Crippen molar-refractivity contribution in [2.45, 2.75) is 25.4 Å². The summed E-state index contributed by atoms with van der Waals surface area (Å²) >= 11 is 1.56. The highest BCUT2D eigenvalue weighted by molar-refractivity contribution is 8.00. The van der Waals surface area contributed by atoms with Crippen molar-refractivity contribution in [3.05, 3.63) is 24.4 Å². The second-order valence-electron chi connectivity index (χ2n) is 4.83. The predicted octanol–water partition coefficient (Wildman–Crippen LogP) is 2.24. The van der Waals surface area contributed by atoms with Gasteiger partial charge in [-0.3, -0.25) is 9.69 Å². The molecule has 1 aliphatic heterocycles. The minimum Gasteiger partial charge on any atom is -0.377 e. The van der Waals surface area contributed by atoms with E-state index in [4.69, 9.17) is 10.00 Å². The van der Waals surface area contributed by atoms with Crippen molar-refractivity contribution < 1.29 is 9.53 Å². The van der Waals surface area contributed by atoms with E-state index in [2.05, 4.69) is 4.98 Å². The van der Waals surface area contributed by atoms with Crippen LogP contribution < -0.4 is 4.90 Å². The van der Waals surface area contributed by atoms with Crippen LogP contribution in [0.5, 0.6) is 0 Å². The Morgan fingerprint density at radius 1 is 1.52 bits per heavy atom. The first-order valence-corrected chi connectivity index (χ1v) is 8.24. The van der Waals surface area contributed by atoms with Crippen molar-refractivity contribution in [3.63, 3.8) is 0 Å². The van der Waals surface area contributed by atoms with E-state index in [1.54, 1.807) is 30.1 Å². The van der Waals surface area contributed by atoms with E-state index in [0.29, 0.717) is 11.6 Å². The molecule has 0 N–H and O–H groups in total. The molecule has 1 unspecified atom stereocenters. The molecule has 0 aliphatic carbocycles. The number of hydrogen-bond donors (Lipinski definition) is 0. The highest BCUT2D eigenvalue weighted by Gasteiger charge is 2.18. The molecule has 1 aromatic rings. The first-order chi connectivity index (χ1) is 10.3. The van der Waals surface area contributed by atoms with Crippen molar-refractivity contribution in [2.24, 2.45) is 0 Å². The molecule has 0 bridgehead atoms. The van der Waals surface area contributed by atoms with Crippen molar-refractivity contribution in [3.8, 4) is 6.07 Å². The summed E-state index contributed by atoms with van der Waals surface area (Å²) in [6.45, 7) is 0.851. The third kappa shape index (κ3) is 5.03. The summed E-state index contributed by atoms with van der Waals surface area (Å²) in [7, 11) is 0. The first-order valence-electron chi connectivity index (χ1n) is 7.09. The van der Waals surface area contributed by atoms with Crippen molar-refractivity contribution in [2.75, 3.05) is 29.6 Å². The number of pyridine rings is 1. The quantitative estimate of drug-likeness (QED) is 0.754. The van der Waals surface area contributed by atoms with E-state index in [1.807, 2.05) is 12.1 Å². The lowest BCUT2D eigenvalue weighted by Gasteiger charge is -2.23. The van der Waals surface area contributed by atoms with Crippen molar-refractivity contribution in [1.29, 1.82) is 5.26 Å². The molecule has 1 aliphatic rings. The average Bonchev–Trinajstić information content (AvgIpc) is 2.54. The zero-order valence-electron chi connectivity index (χ0n) is 11.9. The highest BCUT2D eigenvalue weighted by atomic mass is 32.2. The lowest BCUT2D eigenvalue weighted by molar-refractivity contribution is -0.116. The summed E-state index contributed by atoms with van der Waals surface area (Å²) in [6, 6.07) is 7.35. The van der Waals surface area contributed by atoms with Gasteiger partial charge in [0.1, 0.15) is 12.4 Å². The summed E-state index contributed by atoms with van der Waals surface area (Å²) < 4.78 is 5.64. The zero-order chi connectivity index (χ0) is 14.9. The molecule has 0 aromatic carbocycles. The SMILES string of the molecule is N#CCN(C(=O)CSCC1CCCCO1)c1ccccn1. The largest absolute Gasteiger partial charge is 0.377 e. The Morgan fingerprint density at radius 3 is 3.10 bits per heavy atom. The molecule has 5 nitrogen and oxygen atoms in total. The Hall–Kier alpha value is -1.58. The van der Waals surface area contributed by atoms with Gasteiger partial charge in [0, 0.05) is 18.6 Å². The molecule has 6 heteroatoms. The standard InChI is InChI=1S/C15H19N3O2S/c16-7-9-18(14-6-1-3-8-17-14)15(19)12-21-11-13-5-2-4-10-20-13/h1,3,6,8,13H,2,4-5,9-12H2. The van der Waals surface area contributed by atoms with Gasteiger partial charge in [-0.05, 0) is 31.4 Å². The molecule has 1 saturated heterocycles. The number of amides is 1. The maximum Gasteiger partial charge on any atom is 0.239 e. The normalized spacial score (nSPS) is 18.0. The van der Waals surface area contributed by atoms with Crippen molar-refractivity contribution >= 4 is 23.5 Å². The summed E-state index contributed by atoms with van der Waals surface area (Å²) in [6.07, 6.45) is 5.29. The molecule has 0 spiro atoms. The fraction of sp³-hybridized carbons (Fsp3) is 0.533. The number of nitrogens with zero attached hydrogens (tertiary/aromatic N) is 3. The molecular weight excluding hydrogens is 286 g/mol. The number of anilines is 1. The molecule has 0 radical (unpaired) electrons. The minimum atomic E-state index is -0.0870. The van der Waals surface area contributed by atoms with Gasteiger partial charge < -0.3 is 4.74 Å². The van der Waals surface area contributed by atoms with Gasteiger partial charge in [0.05, 0.1) is 17.9 Å². The van der Waals surface area contributed by atoms with Gasteiger partial charge in [-0.1, -0.05) is 6.07 Å². The Bertz CT molecular complexity index is 483. The minimum absolute atomic E-state index is 0.0241. The Kier molecular flexibility index (Phi) is 6.51. The van der Waals surface area contributed by atoms with Gasteiger partial charge in [-0.25, -0.2) is 4.98 Å². The van der Waals surface area contributed by atoms with Gasteiger partial charge in [0.2, 0.25) is 5.91 Å². The van der Waals surface area contributed by atoms with Crippen LogP contribution in [0.15, 0.2) is 24.4 Å². The number of rotatable bonds is 6. The summed E-state index contributed by atoms with van der Waals surface area (Å²) in [5.41, 5.74) is 0. The van der Waals surface area contributed by atoms with Gasteiger partial charge in [-0.2, -0.15) is 5.26 Å². The van der Waals surface area contributed by atoms with Crippen LogP contribution in [0.3, 0.4) is 0 Å². The molecular formula is C15H19N3O2S. The molecule has 1 fully saturated rings. The Labute approximate surface area is 129 Å². The van der Waals surface area contributed by atoms with Crippen LogP contribution in [0.4, 0.5) is 5.82 Å². The lowest BCUT2D eigenvalue weighted by atomic mass is 10.1. The predicted molar refractivity (Wildman–Crippen MR) is 83.1 cm³/mol. The Morgan fingerprint density at radius 2 is 2.43 bits per heavy atom. The number of ether oxygens (including phenoxy) is 1. The number of nitriles is 1. The summed E-state index contributed by atoms with van der Waals surface area (Å²) in [5, 5.41) is 8.88. The fourth-order valence-corrected chi connectivity index (χ4v) is 3.15. The summed E-state index contributed by atoms with van der Waals surface area (Å²) in [5.74, 6) is 1.61. The van der Waals surface area contributed by atoms with Crippen LogP contribution in [0.1, 0.15) is 19.3 Å². The van der Waals surface area contributed by atoms with Crippen LogP contribution in [0, 0.1) is 11.3 Å². The molecule has 1 amide bonds. The highest BCUT2D eigenvalue weighted by Crippen LogP contribution is 2.18. The van der Waals surface area contributed by atoms with Crippen LogP contribution >= 0.6 is 11.8 Å². The van der Waals surface area contributed by atoms with E-state index in [1.165, 1.54) is 11.3 Å². The van der Waals surface area contributed by atoms with Crippen molar-refractivity contribution in [1.82, 2.24) is 4.98 Å². The van der Waals surface area contributed by atoms with E-state index in [9.17, 15) is 4.79 Å². The average molecular weight is 305 g/mol. The second-order valence-corrected chi connectivity index (χ2v) is 5.86. The maximum atomic E-state index is 12.2. The topological polar surface area (TPSA) is 66.2 Å². The van der Waals surface area contributed by atoms with Crippen LogP contribution in [0.25, 0.3) is 0 Å². The number of hydrogen-bond acceptors (Lipinski definition) is 5. The van der Waals surface area contributed by atoms with E-state index in [-0.39, 0.29) is 18.6 Å². The van der Waals surface area contributed by atoms with Crippen LogP contribution in [0.2, 0.25) is 0 Å². The summed E-state index contributed by atoms with van der Waals surface area (Å²) in [4.78, 5) is 17.8. The second kappa shape index (κ2) is 8.65. The monoisotopic (exact) mass is 305 g/mol. The van der Waals surface area contributed by atoms with Gasteiger partial charge in [0.25, 0.3) is 0 Å². The van der Waals surface area contributed by atoms with Crippen LogP contribution in [-0.4, -0.2) is 41.7 Å². The van der Waals surface area contributed by atoms with Gasteiger partial charge in [0.15, 0.2) is 0 Å². The van der Waals surface area contributed by atoms with E-state index < -0.39 is 0 Å². The molecule has 2 rings (SSSR count). The molecule has 112 valence electrons. The fourth-order valence-electron chi connectivity index (χ4n) is 2.18. The smallest absolute Gasteiger partial charge is 0.239 e. The number of thioether (sulfide) groups is 1. The molecule has 1 atom stereocenters. The molecule has 2 heterocycles. The molecule has 21 heavy (non-hydrogen) atoms. The zero-order valence-corrected chi connectivity index (χ0v) is 12.7. The first kappa shape index (κ1) is 15.8. The Balaban J connectivity index is 1.83. The van der Waals surface area contributed by atoms with E-state index >= 15 is 0 Å². The van der Waals surface area contributed by atoms with Gasteiger partial charge in [-0.15, -0.1) is 11.8 Å². The maximum absolute atomic E-state index is 12.2. The lowest BCUT2D eigenvalue weighted by Crippen LogP contribution is -2.34. The molecule has 1 aromatic heterocycles. The third-order valence-corrected chi connectivity index (χ3v) is 4.32. The van der Waals surface area contributed by atoms with Crippen LogP contribution in [-0.2, 0) is 9.53 Å². The number of carbonyl (C=O) groups excluding carboxylic acids is 1. The molecule has 0 saturated carbocycles.